The monoisotopic (exact) mass is 467 g/mol. The van der Waals surface area contributed by atoms with Crippen LogP contribution in [0.5, 0.6) is 0 Å². The van der Waals surface area contributed by atoms with E-state index in [1.165, 1.54) is 0 Å². The Labute approximate surface area is 208 Å². The van der Waals surface area contributed by atoms with Crippen LogP contribution in [0, 0.1) is 0 Å². The first-order valence-electron chi connectivity index (χ1n) is 11.6. The Kier molecular flexibility index (Phi) is 5.56. The molecule has 6 rings (SSSR count). The first-order chi connectivity index (χ1) is 17.7. The number of ether oxygens (including phenoxy) is 1. The molecule has 0 N–H and O–H groups in total. The Hall–Kier alpha value is -5.03. The Morgan fingerprint density at radius 1 is 0.639 bits per heavy atom. The number of para-hydroxylation sites is 1. The van der Waals surface area contributed by atoms with Gasteiger partial charge in [0, 0.05) is 22.9 Å². The number of carbonyl (C=O) groups excluding carboxylic acids is 1. The Morgan fingerprint density at radius 2 is 1.19 bits per heavy atom. The molecule has 36 heavy (non-hydrogen) atoms. The zero-order chi connectivity index (χ0) is 24.3. The first kappa shape index (κ1) is 21.5. The number of rotatable bonds is 5. The van der Waals surface area contributed by atoms with Crippen LogP contribution in [0.2, 0.25) is 0 Å². The van der Waals surface area contributed by atoms with Crippen LogP contribution in [0.25, 0.3) is 34.1 Å². The molecular formula is C31H21N3O2. The van der Waals surface area contributed by atoms with Crippen molar-refractivity contribution in [2.45, 2.75) is 0 Å². The number of carbonyl (C=O) groups is 1. The normalized spacial score (nSPS) is 14.1. The molecular weight excluding hydrogens is 446 g/mol. The van der Waals surface area contributed by atoms with E-state index in [0.717, 1.165) is 39.2 Å². The lowest BCUT2D eigenvalue weighted by molar-refractivity contribution is -0.129. The standard InChI is InChI=1S/C31H21N3O2/c35-31-28(32-30(36-31)25-12-6-2-7-13-25)20-26-21-34(27-14-8-3-9-15-27)33-29(26)24-18-16-23(17-19-24)22-10-4-1-5-11-22/h1-21H/b28-20+. The summed E-state index contributed by atoms with van der Waals surface area (Å²) in [4.78, 5) is 17.1. The Balaban J connectivity index is 1.42. The van der Waals surface area contributed by atoms with Crippen LogP contribution in [-0.4, -0.2) is 21.6 Å². The fourth-order valence-electron chi connectivity index (χ4n) is 4.14. The molecule has 0 atom stereocenters. The number of benzene rings is 4. The van der Waals surface area contributed by atoms with E-state index in [0.29, 0.717) is 5.90 Å². The number of nitrogens with zero attached hydrogens (tertiary/aromatic N) is 3. The third-order valence-corrected chi connectivity index (χ3v) is 5.96. The molecule has 0 saturated carbocycles. The summed E-state index contributed by atoms with van der Waals surface area (Å²) in [7, 11) is 0. The summed E-state index contributed by atoms with van der Waals surface area (Å²) < 4.78 is 7.26. The lowest BCUT2D eigenvalue weighted by Gasteiger charge is -2.04. The zero-order valence-electron chi connectivity index (χ0n) is 19.3. The maximum atomic E-state index is 12.7. The third-order valence-electron chi connectivity index (χ3n) is 5.96. The van der Waals surface area contributed by atoms with Gasteiger partial charge in [-0.05, 0) is 41.5 Å². The molecule has 0 saturated heterocycles. The molecule has 0 fully saturated rings. The second-order valence-corrected chi connectivity index (χ2v) is 8.36. The van der Waals surface area contributed by atoms with Gasteiger partial charge in [0.2, 0.25) is 5.90 Å². The molecule has 172 valence electrons. The molecule has 0 bridgehead atoms. The van der Waals surface area contributed by atoms with E-state index in [2.05, 4.69) is 29.3 Å². The number of aromatic nitrogens is 2. The molecule has 4 aromatic carbocycles. The maximum absolute atomic E-state index is 12.7. The smallest absolute Gasteiger partial charge is 0.363 e. The highest BCUT2D eigenvalue weighted by Crippen LogP contribution is 2.30. The fourth-order valence-corrected chi connectivity index (χ4v) is 4.14. The fraction of sp³-hybridized carbons (Fsp3) is 0. The molecule has 0 amide bonds. The molecule has 1 aromatic heterocycles. The minimum atomic E-state index is -0.480. The van der Waals surface area contributed by atoms with Crippen LogP contribution in [0.1, 0.15) is 11.1 Å². The number of cyclic esters (lactones) is 1. The van der Waals surface area contributed by atoms with Gasteiger partial charge in [-0.1, -0.05) is 91.0 Å². The molecule has 5 nitrogen and oxygen atoms in total. The van der Waals surface area contributed by atoms with Crippen LogP contribution >= 0.6 is 0 Å². The Morgan fingerprint density at radius 3 is 1.86 bits per heavy atom. The molecule has 5 aromatic rings. The summed E-state index contributed by atoms with van der Waals surface area (Å²) in [5.74, 6) is -0.178. The highest BCUT2D eigenvalue weighted by atomic mass is 16.6. The van der Waals surface area contributed by atoms with Crippen molar-refractivity contribution in [3.05, 3.63) is 138 Å². The summed E-state index contributed by atoms with van der Waals surface area (Å²) >= 11 is 0. The minimum absolute atomic E-state index is 0.239. The lowest BCUT2D eigenvalue weighted by atomic mass is 10.0. The molecule has 0 unspecified atom stereocenters. The third kappa shape index (κ3) is 4.26. The second-order valence-electron chi connectivity index (χ2n) is 8.36. The zero-order valence-corrected chi connectivity index (χ0v) is 19.3. The Bertz CT molecular complexity index is 1580. The van der Waals surface area contributed by atoms with Crippen molar-refractivity contribution in [2.75, 3.05) is 0 Å². The number of hydrogen-bond donors (Lipinski definition) is 0. The molecule has 0 spiro atoms. The number of aliphatic imine (C=N–C) groups is 1. The van der Waals surface area contributed by atoms with E-state index in [9.17, 15) is 4.79 Å². The van der Waals surface area contributed by atoms with Crippen LogP contribution in [-0.2, 0) is 9.53 Å². The van der Waals surface area contributed by atoms with Crippen molar-refractivity contribution >= 4 is 17.9 Å². The highest BCUT2D eigenvalue weighted by molar-refractivity contribution is 6.13. The van der Waals surface area contributed by atoms with Crippen LogP contribution in [0.3, 0.4) is 0 Å². The van der Waals surface area contributed by atoms with Gasteiger partial charge in [0.15, 0.2) is 5.70 Å². The van der Waals surface area contributed by atoms with Gasteiger partial charge in [0.05, 0.1) is 5.69 Å². The van der Waals surface area contributed by atoms with Crippen molar-refractivity contribution in [1.82, 2.24) is 9.78 Å². The summed E-state index contributed by atoms with van der Waals surface area (Å²) in [6.07, 6.45) is 3.65. The summed E-state index contributed by atoms with van der Waals surface area (Å²) in [5.41, 5.74) is 6.66. The van der Waals surface area contributed by atoms with E-state index >= 15 is 0 Å². The second kappa shape index (κ2) is 9.31. The lowest BCUT2D eigenvalue weighted by Crippen LogP contribution is -2.04. The number of hydrogen-bond acceptors (Lipinski definition) is 4. The minimum Gasteiger partial charge on any atom is -0.402 e. The van der Waals surface area contributed by atoms with Crippen molar-refractivity contribution in [2.24, 2.45) is 4.99 Å². The number of esters is 1. The molecule has 2 heterocycles. The van der Waals surface area contributed by atoms with Gasteiger partial charge in [0.1, 0.15) is 5.69 Å². The van der Waals surface area contributed by atoms with Gasteiger partial charge >= 0.3 is 5.97 Å². The molecule has 0 radical (unpaired) electrons. The van der Waals surface area contributed by atoms with Gasteiger partial charge in [-0.2, -0.15) is 5.10 Å². The van der Waals surface area contributed by atoms with Crippen molar-refractivity contribution in [3.8, 4) is 28.1 Å². The molecule has 1 aliphatic rings. The average molecular weight is 468 g/mol. The predicted octanol–water partition coefficient (Wildman–Crippen LogP) is 6.55. The average Bonchev–Trinajstić information content (AvgIpc) is 3.54. The highest BCUT2D eigenvalue weighted by Gasteiger charge is 2.25. The summed E-state index contributed by atoms with van der Waals surface area (Å²) in [6.45, 7) is 0. The van der Waals surface area contributed by atoms with E-state index < -0.39 is 5.97 Å². The topological polar surface area (TPSA) is 56.5 Å². The van der Waals surface area contributed by atoms with E-state index in [-0.39, 0.29) is 5.70 Å². The predicted molar refractivity (Wildman–Crippen MR) is 141 cm³/mol. The van der Waals surface area contributed by atoms with Crippen LogP contribution in [0.4, 0.5) is 0 Å². The van der Waals surface area contributed by atoms with Gasteiger partial charge in [-0.3, -0.25) is 0 Å². The molecule has 5 heteroatoms. The summed E-state index contributed by atoms with van der Waals surface area (Å²) in [5, 5.41) is 4.87. The molecule has 0 aliphatic carbocycles. The van der Waals surface area contributed by atoms with Crippen LogP contribution < -0.4 is 0 Å². The summed E-state index contributed by atoms with van der Waals surface area (Å²) in [6, 6.07) is 37.8. The van der Waals surface area contributed by atoms with Gasteiger partial charge in [-0.15, -0.1) is 0 Å². The maximum Gasteiger partial charge on any atom is 0.363 e. The molecule has 1 aliphatic heterocycles. The van der Waals surface area contributed by atoms with Crippen molar-refractivity contribution < 1.29 is 9.53 Å². The van der Waals surface area contributed by atoms with Gasteiger partial charge in [0.25, 0.3) is 0 Å². The van der Waals surface area contributed by atoms with E-state index in [4.69, 9.17) is 9.84 Å². The quantitative estimate of drug-likeness (QED) is 0.218. The van der Waals surface area contributed by atoms with Crippen molar-refractivity contribution in [3.63, 3.8) is 0 Å². The van der Waals surface area contributed by atoms with Crippen molar-refractivity contribution in [1.29, 1.82) is 0 Å². The van der Waals surface area contributed by atoms with Crippen LogP contribution in [0.15, 0.2) is 132 Å². The SMILES string of the molecule is O=C1OC(c2ccccc2)=N/C1=C/c1cn(-c2ccccc2)nc1-c1ccc(-c2ccccc2)cc1. The van der Waals surface area contributed by atoms with E-state index in [1.54, 1.807) is 6.08 Å². The van der Waals surface area contributed by atoms with Gasteiger partial charge < -0.3 is 4.74 Å². The first-order valence-corrected chi connectivity index (χ1v) is 11.6. The van der Waals surface area contributed by atoms with E-state index in [1.807, 2.05) is 102 Å². The van der Waals surface area contributed by atoms with Gasteiger partial charge in [-0.25, -0.2) is 14.5 Å². The largest absolute Gasteiger partial charge is 0.402 e.